The maximum absolute atomic E-state index is 5.74. The van der Waals surface area contributed by atoms with Gasteiger partial charge in [0.25, 0.3) is 0 Å². The zero-order chi connectivity index (χ0) is 21.6. The van der Waals surface area contributed by atoms with Crippen LogP contribution in [0.3, 0.4) is 0 Å². The molecule has 1 aliphatic heterocycles. The Kier molecular flexibility index (Phi) is 6.92. The predicted octanol–water partition coefficient (Wildman–Crippen LogP) is 5.54. The van der Waals surface area contributed by atoms with Gasteiger partial charge in [-0.1, -0.05) is 31.5 Å². The Balaban J connectivity index is 1.74. The van der Waals surface area contributed by atoms with Crippen LogP contribution in [0.1, 0.15) is 61.3 Å². The van der Waals surface area contributed by atoms with Gasteiger partial charge in [0.2, 0.25) is 0 Å². The minimum absolute atomic E-state index is 0.265. The van der Waals surface area contributed by atoms with Crippen molar-refractivity contribution < 1.29 is 4.74 Å². The normalized spacial score (nSPS) is 16.9. The molecule has 4 rings (SSSR count). The number of ether oxygens (including phenoxy) is 1. The molecule has 0 amide bonds. The lowest BCUT2D eigenvalue weighted by Crippen LogP contribution is -2.34. The number of aromatic nitrogens is 3. The van der Waals surface area contributed by atoms with Gasteiger partial charge in [0.1, 0.15) is 11.6 Å². The van der Waals surface area contributed by atoms with Crippen LogP contribution in [0.2, 0.25) is 0 Å². The van der Waals surface area contributed by atoms with E-state index in [1.54, 1.807) is 7.11 Å². The van der Waals surface area contributed by atoms with E-state index in [0.717, 1.165) is 60.7 Å². The second-order valence-corrected chi connectivity index (χ2v) is 8.32. The predicted molar refractivity (Wildman–Crippen MR) is 124 cm³/mol. The topological polar surface area (TPSA) is 51.1 Å². The number of benzene rings is 1. The summed E-state index contributed by atoms with van der Waals surface area (Å²) in [6.45, 7) is 6.21. The summed E-state index contributed by atoms with van der Waals surface area (Å²) in [6, 6.07) is 10.8. The summed E-state index contributed by atoms with van der Waals surface area (Å²) in [5.74, 6) is 1.93. The fourth-order valence-corrected chi connectivity index (χ4v) is 4.62. The lowest BCUT2D eigenvalue weighted by atomic mass is 9.93. The number of para-hydroxylation sites is 1. The van der Waals surface area contributed by atoms with Gasteiger partial charge in [0.15, 0.2) is 0 Å². The molecule has 1 fully saturated rings. The van der Waals surface area contributed by atoms with E-state index in [2.05, 4.69) is 59.0 Å². The molecule has 0 radical (unpaired) electrons. The molecule has 162 valence electrons. The summed E-state index contributed by atoms with van der Waals surface area (Å²) >= 11 is 0. The van der Waals surface area contributed by atoms with Gasteiger partial charge in [0, 0.05) is 42.7 Å². The van der Waals surface area contributed by atoms with Crippen molar-refractivity contribution in [3.05, 3.63) is 71.6 Å². The summed E-state index contributed by atoms with van der Waals surface area (Å²) in [4.78, 5) is 16.6. The van der Waals surface area contributed by atoms with Gasteiger partial charge in [-0.3, -0.25) is 9.88 Å². The minimum Gasteiger partial charge on any atom is -0.496 e. The van der Waals surface area contributed by atoms with Crippen LogP contribution < -0.4 is 4.74 Å². The van der Waals surface area contributed by atoms with E-state index < -0.39 is 0 Å². The number of hydrogen-bond donors (Lipinski definition) is 0. The third kappa shape index (κ3) is 4.77. The molecule has 0 spiro atoms. The first kappa shape index (κ1) is 21.4. The number of pyridine rings is 1. The lowest BCUT2D eigenvalue weighted by Gasteiger charge is -2.36. The Morgan fingerprint density at radius 3 is 2.74 bits per heavy atom. The number of methoxy groups -OCH3 is 1. The number of hydrogen-bond acceptors (Lipinski definition) is 5. The molecular formula is C26H32N4O. The van der Waals surface area contributed by atoms with E-state index in [1.807, 2.05) is 18.6 Å². The summed E-state index contributed by atoms with van der Waals surface area (Å²) < 4.78 is 5.74. The molecular weight excluding hydrogens is 384 g/mol. The fraction of sp³-hybridized carbons (Fsp3) is 0.423. The molecule has 0 saturated carbocycles. The molecule has 1 atom stereocenters. The molecule has 3 aromatic rings. The Bertz CT molecular complexity index is 1010. The second kappa shape index (κ2) is 10.0. The molecule has 5 heteroatoms. The largest absolute Gasteiger partial charge is 0.496 e. The molecule has 3 heterocycles. The number of piperidine rings is 1. The number of nitrogens with zero attached hydrogens (tertiary/aromatic N) is 4. The lowest BCUT2D eigenvalue weighted by molar-refractivity contribution is 0.136. The van der Waals surface area contributed by atoms with E-state index in [-0.39, 0.29) is 6.04 Å². The third-order valence-electron chi connectivity index (χ3n) is 6.13. The standard InChI is InChI=1S/C26H32N4O/c1-4-8-24-28-17-22(20-12-14-27-15-13-20)25(29-24)23-11-5-6-16-30(23)18-21-10-7-9-19(2)26(21)31-3/h7,9-10,12-15,17,23H,4-6,8,11,16,18H2,1-3H3. The van der Waals surface area contributed by atoms with Crippen molar-refractivity contribution in [1.82, 2.24) is 19.9 Å². The van der Waals surface area contributed by atoms with E-state index in [1.165, 1.54) is 24.0 Å². The molecule has 1 aromatic carbocycles. The van der Waals surface area contributed by atoms with Crippen LogP contribution in [0, 0.1) is 6.92 Å². The van der Waals surface area contributed by atoms with Gasteiger partial charge in [0.05, 0.1) is 18.8 Å². The van der Waals surface area contributed by atoms with E-state index in [0.29, 0.717) is 0 Å². The smallest absolute Gasteiger partial charge is 0.128 e. The quantitative estimate of drug-likeness (QED) is 0.506. The van der Waals surface area contributed by atoms with Crippen LogP contribution in [-0.4, -0.2) is 33.5 Å². The SMILES string of the molecule is CCCc1ncc(-c2ccncc2)c(C2CCCCN2Cc2cccc(C)c2OC)n1. The van der Waals surface area contributed by atoms with Crippen molar-refractivity contribution in [3.63, 3.8) is 0 Å². The first-order valence-corrected chi connectivity index (χ1v) is 11.3. The molecule has 0 aliphatic carbocycles. The van der Waals surface area contributed by atoms with Crippen molar-refractivity contribution in [2.24, 2.45) is 0 Å². The van der Waals surface area contributed by atoms with E-state index in [4.69, 9.17) is 9.72 Å². The number of likely N-dealkylation sites (tertiary alicyclic amines) is 1. The highest BCUT2D eigenvalue weighted by Crippen LogP contribution is 2.37. The zero-order valence-corrected chi connectivity index (χ0v) is 18.8. The highest BCUT2D eigenvalue weighted by molar-refractivity contribution is 5.65. The highest BCUT2D eigenvalue weighted by atomic mass is 16.5. The van der Waals surface area contributed by atoms with Gasteiger partial charge in [-0.15, -0.1) is 0 Å². The highest BCUT2D eigenvalue weighted by Gasteiger charge is 2.29. The molecule has 5 nitrogen and oxygen atoms in total. The van der Waals surface area contributed by atoms with Crippen LogP contribution >= 0.6 is 0 Å². The van der Waals surface area contributed by atoms with Crippen LogP contribution in [0.25, 0.3) is 11.1 Å². The van der Waals surface area contributed by atoms with Gasteiger partial charge in [-0.25, -0.2) is 9.97 Å². The molecule has 31 heavy (non-hydrogen) atoms. The number of rotatable bonds is 7. The molecule has 1 saturated heterocycles. The molecule has 0 N–H and O–H groups in total. The van der Waals surface area contributed by atoms with Crippen molar-refractivity contribution in [1.29, 1.82) is 0 Å². The van der Waals surface area contributed by atoms with Crippen LogP contribution in [0.15, 0.2) is 48.9 Å². The third-order valence-corrected chi connectivity index (χ3v) is 6.13. The van der Waals surface area contributed by atoms with Gasteiger partial charge >= 0.3 is 0 Å². The Labute approximate surface area is 185 Å². The van der Waals surface area contributed by atoms with Gasteiger partial charge in [-0.2, -0.15) is 0 Å². The number of aryl methyl sites for hydroxylation is 2. The average molecular weight is 417 g/mol. The van der Waals surface area contributed by atoms with Crippen LogP contribution in [-0.2, 0) is 13.0 Å². The Morgan fingerprint density at radius 2 is 1.97 bits per heavy atom. The van der Waals surface area contributed by atoms with Gasteiger partial charge < -0.3 is 4.74 Å². The molecule has 1 unspecified atom stereocenters. The summed E-state index contributed by atoms with van der Waals surface area (Å²) in [5, 5.41) is 0. The monoisotopic (exact) mass is 416 g/mol. The van der Waals surface area contributed by atoms with Crippen molar-refractivity contribution in [2.45, 2.75) is 58.5 Å². The van der Waals surface area contributed by atoms with Crippen molar-refractivity contribution in [2.75, 3.05) is 13.7 Å². The van der Waals surface area contributed by atoms with E-state index >= 15 is 0 Å². The maximum atomic E-state index is 5.74. The van der Waals surface area contributed by atoms with Gasteiger partial charge in [-0.05, 0) is 56.0 Å². The molecule has 2 aromatic heterocycles. The van der Waals surface area contributed by atoms with Crippen LogP contribution in [0.4, 0.5) is 0 Å². The Morgan fingerprint density at radius 1 is 1.13 bits per heavy atom. The minimum atomic E-state index is 0.265. The van der Waals surface area contributed by atoms with Crippen LogP contribution in [0.5, 0.6) is 5.75 Å². The average Bonchev–Trinajstić information content (AvgIpc) is 2.80. The Hall–Kier alpha value is -2.79. The first-order chi connectivity index (χ1) is 15.2. The zero-order valence-electron chi connectivity index (χ0n) is 18.8. The van der Waals surface area contributed by atoms with E-state index in [9.17, 15) is 0 Å². The molecule has 0 bridgehead atoms. The molecule has 1 aliphatic rings. The van der Waals surface area contributed by atoms with Crippen molar-refractivity contribution in [3.8, 4) is 16.9 Å². The first-order valence-electron chi connectivity index (χ1n) is 11.3. The second-order valence-electron chi connectivity index (χ2n) is 8.32. The maximum Gasteiger partial charge on any atom is 0.128 e. The summed E-state index contributed by atoms with van der Waals surface area (Å²) in [7, 11) is 1.77. The van der Waals surface area contributed by atoms with Crippen molar-refractivity contribution >= 4 is 0 Å². The summed E-state index contributed by atoms with van der Waals surface area (Å²) in [5.41, 5.74) is 5.82. The fourth-order valence-electron chi connectivity index (χ4n) is 4.62. The summed E-state index contributed by atoms with van der Waals surface area (Å²) in [6.07, 6.45) is 11.2.